The van der Waals surface area contributed by atoms with Crippen molar-refractivity contribution in [2.75, 3.05) is 23.4 Å². The Hall–Kier alpha value is -0.520. The van der Waals surface area contributed by atoms with Gasteiger partial charge in [-0.1, -0.05) is 22.0 Å². The Morgan fingerprint density at radius 1 is 1.50 bits per heavy atom. The molecule has 0 heterocycles. The molecule has 0 atom stereocenters. The second kappa shape index (κ2) is 7.70. The molecule has 5 heteroatoms. The third-order valence-corrected chi connectivity index (χ3v) is 3.37. The Kier molecular flexibility index (Phi) is 6.52. The van der Waals surface area contributed by atoms with Crippen molar-refractivity contribution in [2.24, 2.45) is 5.73 Å². The summed E-state index contributed by atoms with van der Waals surface area (Å²) < 4.78 is 0.959. The van der Waals surface area contributed by atoms with Gasteiger partial charge in [-0.2, -0.15) is 11.8 Å². The number of carbonyl (C=O) groups is 1. The van der Waals surface area contributed by atoms with Crippen LogP contribution in [-0.4, -0.2) is 24.0 Å². The number of benzene rings is 1. The first-order chi connectivity index (χ1) is 7.72. The first-order valence-corrected chi connectivity index (χ1v) is 7.00. The van der Waals surface area contributed by atoms with Crippen molar-refractivity contribution < 1.29 is 4.79 Å². The summed E-state index contributed by atoms with van der Waals surface area (Å²) in [6.07, 6.45) is 0.953. The van der Waals surface area contributed by atoms with Crippen molar-refractivity contribution in [3.8, 4) is 0 Å². The molecule has 0 unspecified atom stereocenters. The topological polar surface area (TPSA) is 55.1 Å². The van der Waals surface area contributed by atoms with Crippen LogP contribution in [0.15, 0.2) is 28.7 Å². The fraction of sp³-hybridized carbons (Fsp3) is 0.364. The number of hydrogen-bond donors (Lipinski definition) is 2. The zero-order chi connectivity index (χ0) is 11.8. The minimum Gasteiger partial charge on any atom is -0.330 e. The zero-order valence-corrected chi connectivity index (χ0v) is 11.3. The maximum absolute atomic E-state index is 11.5. The first-order valence-electron chi connectivity index (χ1n) is 5.05. The van der Waals surface area contributed by atoms with Crippen LogP contribution in [0.2, 0.25) is 0 Å². The second-order valence-electron chi connectivity index (χ2n) is 3.25. The van der Waals surface area contributed by atoms with Crippen LogP contribution in [0.5, 0.6) is 0 Å². The molecule has 1 aromatic rings. The molecule has 16 heavy (non-hydrogen) atoms. The largest absolute Gasteiger partial charge is 0.330 e. The number of anilines is 1. The van der Waals surface area contributed by atoms with E-state index >= 15 is 0 Å². The van der Waals surface area contributed by atoms with Gasteiger partial charge in [0.2, 0.25) is 5.91 Å². The highest BCUT2D eigenvalue weighted by molar-refractivity contribution is 9.10. The number of amides is 1. The molecule has 0 aromatic heterocycles. The van der Waals surface area contributed by atoms with E-state index in [-0.39, 0.29) is 5.91 Å². The average Bonchev–Trinajstić information content (AvgIpc) is 2.24. The standard InChI is InChI=1S/C11H15BrN2OS/c12-9-3-1-4-10(7-9)14-11(15)8-16-6-2-5-13/h1,3-4,7H,2,5-6,8,13H2,(H,14,15). The Morgan fingerprint density at radius 2 is 2.31 bits per heavy atom. The molecule has 1 amide bonds. The van der Waals surface area contributed by atoms with Gasteiger partial charge < -0.3 is 11.1 Å². The highest BCUT2D eigenvalue weighted by Gasteiger charge is 2.02. The smallest absolute Gasteiger partial charge is 0.234 e. The molecule has 3 nitrogen and oxygen atoms in total. The van der Waals surface area contributed by atoms with Crippen molar-refractivity contribution >= 4 is 39.3 Å². The average molecular weight is 303 g/mol. The molecule has 0 radical (unpaired) electrons. The summed E-state index contributed by atoms with van der Waals surface area (Å²) in [6.45, 7) is 0.681. The predicted molar refractivity (Wildman–Crippen MR) is 73.8 cm³/mol. The molecule has 88 valence electrons. The molecule has 0 aliphatic carbocycles. The van der Waals surface area contributed by atoms with Crippen LogP contribution in [0, 0.1) is 0 Å². The molecule has 0 aliphatic rings. The van der Waals surface area contributed by atoms with Gasteiger partial charge in [-0.25, -0.2) is 0 Å². The van der Waals surface area contributed by atoms with Gasteiger partial charge in [-0.3, -0.25) is 4.79 Å². The normalized spacial score (nSPS) is 10.1. The first kappa shape index (κ1) is 13.5. The van der Waals surface area contributed by atoms with Crippen LogP contribution >= 0.6 is 27.7 Å². The zero-order valence-electron chi connectivity index (χ0n) is 8.91. The van der Waals surface area contributed by atoms with Crippen LogP contribution in [0.25, 0.3) is 0 Å². The van der Waals surface area contributed by atoms with E-state index in [2.05, 4.69) is 21.2 Å². The Morgan fingerprint density at radius 3 is 3.00 bits per heavy atom. The van der Waals surface area contributed by atoms with E-state index in [9.17, 15) is 4.79 Å². The SMILES string of the molecule is NCCCSCC(=O)Nc1cccc(Br)c1. The number of thioether (sulfide) groups is 1. The van der Waals surface area contributed by atoms with Crippen LogP contribution in [0.3, 0.4) is 0 Å². The molecular weight excluding hydrogens is 288 g/mol. The molecule has 0 spiro atoms. The lowest BCUT2D eigenvalue weighted by atomic mass is 10.3. The van der Waals surface area contributed by atoms with Crippen LogP contribution in [-0.2, 0) is 4.79 Å². The van der Waals surface area contributed by atoms with Gasteiger partial charge in [0.1, 0.15) is 0 Å². The van der Waals surface area contributed by atoms with Gasteiger partial charge in [0, 0.05) is 10.2 Å². The van der Waals surface area contributed by atoms with E-state index in [1.54, 1.807) is 11.8 Å². The fourth-order valence-electron chi connectivity index (χ4n) is 1.11. The van der Waals surface area contributed by atoms with Crippen molar-refractivity contribution in [3.05, 3.63) is 28.7 Å². The van der Waals surface area contributed by atoms with Crippen molar-refractivity contribution in [3.63, 3.8) is 0 Å². The molecular formula is C11H15BrN2OS. The lowest BCUT2D eigenvalue weighted by Crippen LogP contribution is -2.14. The molecule has 0 fully saturated rings. The maximum Gasteiger partial charge on any atom is 0.234 e. The van der Waals surface area contributed by atoms with E-state index in [1.807, 2.05) is 24.3 Å². The summed E-state index contributed by atoms with van der Waals surface area (Å²) in [4.78, 5) is 11.5. The Balaban J connectivity index is 2.29. The van der Waals surface area contributed by atoms with Crippen molar-refractivity contribution in [1.82, 2.24) is 0 Å². The monoisotopic (exact) mass is 302 g/mol. The Bertz CT molecular complexity index is 347. The summed E-state index contributed by atoms with van der Waals surface area (Å²) in [7, 11) is 0. The number of carbonyl (C=O) groups excluding carboxylic acids is 1. The van der Waals surface area contributed by atoms with E-state index < -0.39 is 0 Å². The van der Waals surface area contributed by atoms with E-state index in [0.717, 1.165) is 22.3 Å². The molecule has 0 saturated heterocycles. The van der Waals surface area contributed by atoms with E-state index in [4.69, 9.17) is 5.73 Å². The quantitative estimate of drug-likeness (QED) is 0.794. The summed E-state index contributed by atoms with van der Waals surface area (Å²) in [5, 5.41) is 2.84. The molecule has 1 aromatic carbocycles. The fourth-order valence-corrected chi connectivity index (χ4v) is 2.29. The number of nitrogens with one attached hydrogen (secondary N) is 1. The maximum atomic E-state index is 11.5. The lowest BCUT2D eigenvalue weighted by Gasteiger charge is -2.05. The van der Waals surface area contributed by atoms with Gasteiger partial charge >= 0.3 is 0 Å². The van der Waals surface area contributed by atoms with Crippen LogP contribution in [0.4, 0.5) is 5.69 Å². The van der Waals surface area contributed by atoms with Gasteiger partial charge in [-0.15, -0.1) is 0 Å². The minimum atomic E-state index is 0.0279. The minimum absolute atomic E-state index is 0.0279. The number of halogens is 1. The van der Waals surface area contributed by atoms with E-state index in [0.29, 0.717) is 12.3 Å². The number of rotatable bonds is 6. The summed E-state index contributed by atoms with van der Waals surface area (Å²) in [6, 6.07) is 7.56. The summed E-state index contributed by atoms with van der Waals surface area (Å²) in [5.41, 5.74) is 6.18. The molecule has 3 N–H and O–H groups in total. The predicted octanol–water partition coefficient (Wildman–Crippen LogP) is 2.47. The summed E-state index contributed by atoms with van der Waals surface area (Å²) >= 11 is 4.96. The highest BCUT2D eigenvalue weighted by Crippen LogP contribution is 2.15. The third kappa shape index (κ3) is 5.53. The highest BCUT2D eigenvalue weighted by atomic mass is 79.9. The van der Waals surface area contributed by atoms with Crippen LogP contribution < -0.4 is 11.1 Å². The van der Waals surface area contributed by atoms with Gasteiger partial charge in [-0.05, 0) is 36.9 Å². The van der Waals surface area contributed by atoms with Gasteiger partial charge in [0.05, 0.1) is 5.75 Å². The van der Waals surface area contributed by atoms with E-state index in [1.165, 1.54) is 0 Å². The van der Waals surface area contributed by atoms with Crippen molar-refractivity contribution in [1.29, 1.82) is 0 Å². The lowest BCUT2D eigenvalue weighted by molar-refractivity contribution is -0.113. The van der Waals surface area contributed by atoms with Gasteiger partial charge in [0.15, 0.2) is 0 Å². The second-order valence-corrected chi connectivity index (χ2v) is 5.27. The number of hydrogen-bond acceptors (Lipinski definition) is 3. The molecule has 0 aliphatic heterocycles. The molecule has 1 rings (SSSR count). The molecule has 0 bridgehead atoms. The van der Waals surface area contributed by atoms with Gasteiger partial charge in [0.25, 0.3) is 0 Å². The van der Waals surface area contributed by atoms with Crippen molar-refractivity contribution in [2.45, 2.75) is 6.42 Å². The Labute approximate surface area is 108 Å². The summed E-state index contributed by atoms with van der Waals surface area (Å²) in [5.74, 6) is 1.44. The number of nitrogens with two attached hydrogens (primary N) is 1. The third-order valence-electron chi connectivity index (χ3n) is 1.83. The van der Waals surface area contributed by atoms with Crippen LogP contribution in [0.1, 0.15) is 6.42 Å². The molecule has 0 saturated carbocycles.